The Morgan fingerprint density at radius 3 is 2.18 bits per heavy atom. The number of hydrogen-bond acceptors (Lipinski definition) is 4. The molecule has 0 spiro atoms. The van der Waals surface area contributed by atoms with Crippen LogP contribution in [0.1, 0.15) is 13.8 Å². The van der Waals surface area contributed by atoms with Crippen LogP contribution in [0.3, 0.4) is 0 Å². The molecular weight excluding hydrogens is 515 g/mol. The van der Waals surface area contributed by atoms with Gasteiger partial charge in [-0.25, -0.2) is 9.18 Å². The van der Waals surface area contributed by atoms with Crippen molar-refractivity contribution in [3.8, 4) is 33.7 Å². The molecule has 4 aromatic rings. The Kier molecular flexibility index (Phi) is 6.52. The standard InChI is InChI=1S/C31H32ClFN4O2/c1-19(2)35-15-22-17-36(18-23(22)16-35)25-6-4-5-20(11-25)26-13-24(33)14-27(30(26)38)21-7-8-29(28(32)12-21)37-10-9-34(3)31(37)39/h4-14,19,22-23,38H,15-18H2,1-3H3. The van der Waals surface area contributed by atoms with Gasteiger partial charge >= 0.3 is 5.69 Å². The van der Waals surface area contributed by atoms with E-state index in [1.807, 2.05) is 18.2 Å². The van der Waals surface area contributed by atoms with Gasteiger partial charge < -0.3 is 19.5 Å². The van der Waals surface area contributed by atoms with Crippen LogP contribution in [0.25, 0.3) is 27.9 Å². The number of hydrogen-bond donors (Lipinski definition) is 1. The largest absolute Gasteiger partial charge is 0.507 e. The SMILES string of the molecule is CC(C)N1CC2CN(c3cccc(-c4cc(F)cc(-c5ccc(-n6ccn(C)c6=O)c(Cl)c5)c4O)c3)CC2C1. The molecule has 2 aliphatic rings. The highest BCUT2D eigenvalue weighted by Gasteiger charge is 2.40. The smallest absolute Gasteiger partial charge is 0.332 e. The van der Waals surface area contributed by atoms with Crippen molar-refractivity contribution in [3.05, 3.63) is 88.3 Å². The van der Waals surface area contributed by atoms with Crippen LogP contribution in [-0.2, 0) is 7.05 Å². The van der Waals surface area contributed by atoms with E-state index in [0.29, 0.717) is 45.3 Å². The zero-order valence-corrected chi connectivity index (χ0v) is 23.1. The third-order valence-corrected chi connectivity index (χ3v) is 8.61. The van der Waals surface area contributed by atoms with Gasteiger partial charge in [0.25, 0.3) is 0 Å². The number of nitrogens with zero attached hydrogens (tertiary/aromatic N) is 4. The molecule has 3 heterocycles. The minimum absolute atomic E-state index is 0.0138. The zero-order chi connectivity index (χ0) is 27.4. The van der Waals surface area contributed by atoms with Crippen LogP contribution in [0.5, 0.6) is 5.75 Å². The molecule has 2 fully saturated rings. The normalized spacial score (nSPS) is 19.3. The molecule has 0 bridgehead atoms. The van der Waals surface area contributed by atoms with Crippen molar-refractivity contribution in [2.45, 2.75) is 19.9 Å². The Balaban J connectivity index is 1.31. The van der Waals surface area contributed by atoms with Crippen molar-refractivity contribution in [1.29, 1.82) is 0 Å². The van der Waals surface area contributed by atoms with Gasteiger partial charge in [0.05, 0.1) is 10.7 Å². The van der Waals surface area contributed by atoms with E-state index in [4.69, 9.17) is 11.6 Å². The van der Waals surface area contributed by atoms with Crippen LogP contribution in [-0.4, -0.2) is 51.4 Å². The Morgan fingerprint density at radius 1 is 0.923 bits per heavy atom. The summed E-state index contributed by atoms with van der Waals surface area (Å²) >= 11 is 6.55. The Hall–Kier alpha value is -3.55. The lowest BCUT2D eigenvalue weighted by molar-refractivity contribution is 0.258. The van der Waals surface area contributed by atoms with Crippen LogP contribution in [0.2, 0.25) is 5.02 Å². The van der Waals surface area contributed by atoms with E-state index >= 15 is 0 Å². The average molecular weight is 547 g/mol. The summed E-state index contributed by atoms with van der Waals surface area (Å²) in [4.78, 5) is 17.3. The van der Waals surface area contributed by atoms with E-state index < -0.39 is 5.82 Å². The number of rotatable bonds is 5. The van der Waals surface area contributed by atoms with Crippen molar-refractivity contribution < 1.29 is 9.50 Å². The highest BCUT2D eigenvalue weighted by atomic mass is 35.5. The first-order valence-corrected chi connectivity index (χ1v) is 13.7. The van der Waals surface area contributed by atoms with Crippen molar-refractivity contribution >= 4 is 17.3 Å². The summed E-state index contributed by atoms with van der Waals surface area (Å²) in [7, 11) is 1.66. The number of benzene rings is 3. The molecule has 6 nitrogen and oxygen atoms in total. The van der Waals surface area contributed by atoms with Gasteiger partial charge in [-0.1, -0.05) is 29.8 Å². The second-order valence-electron chi connectivity index (χ2n) is 11.1. The Bertz CT molecular complexity index is 1600. The van der Waals surface area contributed by atoms with Gasteiger partial charge in [0, 0.05) is 68.5 Å². The molecule has 202 valence electrons. The van der Waals surface area contributed by atoms with Gasteiger partial charge in [-0.05, 0) is 73.2 Å². The lowest BCUT2D eigenvalue weighted by Crippen LogP contribution is -2.33. The first-order valence-electron chi connectivity index (χ1n) is 13.4. The van der Waals surface area contributed by atoms with Gasteiger partial charge in [0.2, 0.25) is 0 Å². The molecule has 2 unspecified atom stereocenters. The number of aromatic hydroxyl groups is 1. The second-order valence-corrected chi connectivity index (χ2v) is 11.5. The summed E-state index contributed by atoms with van der Waals surface area (Å²) in [6, 6.07) is 16.3. The van der Waals surface area contributed by atoms with E-state index in [-0.39, 0.29) is 11.4 Å². The number of phenolic OH excluding ortho intramolecular Hbond substituents is 1. The van der Waals surface area contributed by atoms with Crippen molar-refractivity contribution in [3.63, 3.8) is 0 Å². The Labute approximate surface area is 232 Å². The maximum Gasteiger partial charge on any atom is 0.332 e. The predicted molar refractivity (Wildman–Crippen MR) is 154 cm³/mol. The maximum atomic E-state index is 14.9. The third-order valence-electron chi connectivity index (χ3n) is 8.31. The molecule has 2 aliphatic heterocycles. The number of aryl methyl sites for hydroxylation is 1. The Morgan fingerprint density at radius 2 is 1.59 bits per heavy atom. The number of likely N-dealkylation sites (tertiary alicyclic amines) is 1. The van der Waals surface area contributed by atoms with E-state index in [1.165, 1.54) is 21.3 Å². The summed E-state index contributed by atoms with van der Waals surface area (Å²) < 4.78 is 17.8. The summed E-state index contributed by atoms with van der Waals surface area (Å²) in [5, 5.41) is 11.6. The predicted octanol–water partition coefficient (Wildman–Crippen LogP) is 5.78. The minimum Gasteiger partial charge on any atom is -0.507 e. The van der Waals surface area contributed by atoms with Gasteiger partial charge in [0.1, 0.15) is 11.6 Å². The van der Waals surface area contributed by atoms with Crippen molar-refractivity contribution in [2.75, 3.05) is 31.1 Å². The highest BCUT2D eigenvalue weighted by molar-refractivity contribution is 6.32. The highest BCUT2D eigenvalue weighted by Crippen LogP contribution is 2.42. The molecule has 2 atom stereocenters. The van der Waals surface area contributed by atoms with Crippen LogP contribution in [0.4, 0.5) is 10.1 Å². The number of imidazole rings is 1. The van der Waals surface area contributed by atoms with E-state index in [0.717, 1.165) is 37.4 Å². The van der Waals surface area contributed by atoms with Crippen LogP contribution in [0.15, 0.2) is 71.8 Å². The summed E-state index contributed by atoms with van der Waals surface area (Å²) in [5.41, 5.74) is 3.46. The van der Waals surface area contributed by atoms with Crippen LogP contribution in [0, 0.1) is 17.7 Å². The molecule has 2 saturated heterocycles. The molecule has 0 radical (unpaired) electrons. The monoisotopic (exact) mass is 546 g/mol. The first-order chi connectivity index (χ1) is 18.7. The number of fused-ring (bicyclic) bond motifs is 1. The molecule has 0 saturated carbocycles. The zero-order valence-electron chi connectivity index (χ0n) is 22.3. The fourth-order valence-corrected chi connectivity index (χ4v) is 6.36. The number of halogens is 2. The second kappa shape index (κ2) is 9.88. The summed E-state index contributed by atoms with van der Waals surface area (Å²) in [5.74, 6) is 0.849. The summed E-state index contributed by atoms with van der Waals surface area (Å²) in [6.07, 6.45) is 3.29. The fourth-order valence-electron chi connectivity index (χ4n) is 6.09. The molecule has 8 heteroatoms. The number of phenols is 1. The van der Waals surface area contributed by atoms with E-state index in [2.05, 4.69) is 29.7 Å². The first kappa shape index (κ1) is 25.7. The lowest BCUT2D eigenvalue weighted by Gasteiger charge is -2.25. The van der Waals surface area contributed by atoms with E-state index in [9.17, 15) is 14.3 Å². The molecule has 0 amide bonds. The van der Waals surface area contributed by atoms with Gasteiger partial charge in [-0.15, -0.1) is 0 Å². The number of anilines is 1. The quantitative estimate of drug-likeness (QED) is 0.344. The molecule has 0 aliphatic carbocycles. The molecule has 1 aromatic heterocycles. The molecular formula is C31H32ClFN4O2. The average Bonchev–Trinajstić information content (AvgIpc) is 3.59. The van der Waals surface area contributed by atoms with Gasteiger partial charge in [-0.2, -0.15) is 0 Å². The molecule has 6 rings (SSSR count). The number of aromatic nitrogens is 2. The molecule has 39 heavy (non-hydrogen) atoms. The molecule has 1 N–H and O–H groups in total. The summed E-state index contributed by atoms with van der Waals surface area (Å²) in [6.45, 7) is 8.80. The third kappa shape index (κ3) is 4.64. The molecule has 3 aromatic carbocycles. The van der Waals surface area contributed by atoms with Crippen LogP contribution < -0.4 is 10.6 Å². The van der Waals surface area contributed by atoms with Crippen LogP contribution >= 0.6 is 11.6 Å². The maximum absolute atomic E-state index is 14.9. The van der Waals surface area contributed by atoms with Crippen molar-refractivity contribution in [2.24, 2.45) is 18.9 Å². The van der Waals surface area contributed by atoms with E-state index in [1.54, 1.807) is 37.6 Å². The minimum atomic E-state index is -0.452. The fraction of sp³-hybridized carbons (Fsp3) is 0.323. The topological polar surface area (TPSA) is 53.6 Å². The van der Waals surface area contributed by atoms with Crippen molar-refractivity contribution in [1.82, 2.24) is 14.0 Å². The van der Waals surface area contributed by atoms with Gasteiger partial charge in [-0.3, -0.25) is 4.57 Å². The van der Waals surface area contributed by atoms with Gasteiger partial charge in [0.15, 0.2) is 0 Å². The lowest BCUT2D eigenvalue weighted by atomic mass is 9.96.